The van der Waals surface area contributed by atoms with Gasteiger partial charge in [-0.2, -0.15) is 0 Å². The summed E-state index contributed by atoms with van der Waals surface area (Å²) in [5.41, 5.74) is 3.50. The summed E-state index contributed by atoms with van der Waals surface area (Å²) in [7, 11) is 0. The van der Waals surface area contributed by atoms with Crippen LogP contribution in [-0.2, 0) is 58.4 Å². The monoisotopic (exact) mass is 593 g/mol. The number of benzene rings is 3. The molecule has 0 atom stereocenters. The van der Waals surface area contributed by atoms with Crippen LogP contribution >= 0.6 is 0 Å². The van der Waals surface area contributed by atoms with Crippen LogP contribution in [0, 0.1) is 0 Å². The summed E-state index contributed by atoms with van der Waals surface area (Å²) in [5, 5.41) is 40.2. The van der Waals surface area contributed by atoms with Crippen molar-refractivity contribution in [3.8, 4) is 17.2 Å². The first kappa shape index (κ1) is 37.5. The van der Waals surface area contributed by atoms with Crippen molar-refractivity contribution in [1.82, 2.24) is 4.90 Å². The number of nitrogens with zero attached hydrogens (tertiary/aromatic N) is 1. The molecule has 0 saturated heterocycles. The average molecular weight is 594 g/mol. The topological polar surface area (TPSA) is 137 Å². The van der Waals surface area contributed by atoms with E-state index >= 15 is 0 Å². The zero-order chi connectivity index (χ0) is 27.8. The molecule has 0 heterocycles. The molecular formula is C33H47FeNO5+2. The van der Waals surface area contributed by atoms with Gasteiger partial charge in [-0.15, -0.1) is 17.2 Å². The summed E-state index contributed by atoms with van der Waals surface area (Å²) in [4.78, 5) is 2.05. The zero-order valence-electron chi connectivity index (χ0n) is 25.4. The summed E-state index contributed by atoms with van der Waals surface area (Å²) in [6.45, 7) is 19.4. The van der Waals surface area contributed by atoms with Gasteiger partial charge in [0.15, 0.2) is 0 Å². The van der Waals surface area contributed by atoms with Gasteiger partial charge < -0.3 is 26.3 Å². The fourth-order valence-corrected chi connectivity index (χ4v) is 4.79. The molecule has 0 aliphatic carbocycles. The Morgan fingerprint density at radius 2 is 0.725 bits per heavy atom. The predicted octanol–water partition coefficient (Wildman–Crippen LogP) is 4.25. The summed E-state index contributed by atoms with van der Waals surface area (Å²) >= 11 is 0. The van der Waals surface area contributed by atoms with E-state index in [-0.39, 0.29) is 61.5 Å². The van der Waals surface area contributed by atoms with E-state index in [4.69, 9.17) is 0 Å². The molecule has 0 aliphatic heterocycles. The maximum atomic E-state index is 13.4. The van der Waals surface area contributed by atoms with Crippen molar-refractivity contribution in [3.63, 3.8) is 0 Å². The van der Waals surface area contributed by atoms with Gasteiger partial charge in [0.1, 0.15) is 0 Å². The predicted molar refractivity (Wildman–Crippen MR) is 155 cm³/mol. The molecule has 0 saturated carbocycles. The van der Waals surface area contributed by atoms with Gasteiger partial charge in [0.05, 0.1) is 0 Å². The molecule has 5 N–H and O–H groups in total. The molecule has 7 heteroatoms. The third-order valence-corrected chi connectivity index (χ3v) is 6.90. The standard InChI is InChI=1S/C33H45NO3.Fe.2H2O/c1-31(2,3)25-16-10-13-22(28(25)35)19-34(20-23-14-11-17-26(29(23)36)32(4,5)6)21-24-15-12-18-27(30(24)37)33(7,8)9;;;/h10-18,35-37H,19-21H2,1-9H3;;2*1H2/q;+4;;/p-2. The second-order valence-electron chi connectivity index (χ2n) is 13.3. The van der Waals surface area contributed by atoms with E-state index < -0.39 is 0 Å². The van der Waals surface area contributed by atoms with Crippen molar-refractivity contribution in [2.75, 3.05) is 0 Å². The first-order valence-corrected chi connectivity index (χ1v) is 13.1. The summed E-state index contributed by atoms with van der Waals surface area (Å²) < 4.78 is 0. The second-order valence-corrected chi connectivity index (χ2v) is 13.3. The first-order valence-electron chi connectivity index (χ1n) is 13.1. The van der Waals surface area contributed by atoms with Gasteiger partial charge in [-0.05, 0) is 32.9 Å². The Morgan fingerprint density at radius 1 is 0.500 bits per heavy atom. The van der Waals surface area contributed by atoms with Crippen LogP contribution in [0.1, 0.15) is 95.7 Å². The fraction of sp³-hybridized carbons (Fsp3) is 0.455. The molecule has 3 aromatic carbocycles. The molecule has 0 aliphatic rings. The Morgan fingerprint density at radius 3 is 0.925 bits per heavy atom. The summed E-state index contributed by atoms with van der Waals surface area (Å²) in [6, 6.07) is 17.0. The molecule has 0 bridgehead atoms. The van der Waals surface area contributed by atoms with Gasteiger partial charge in [0.25, 0.3) is 0 Å². The van der Waals surface area contributed by atoms with Crippen LogP contribution < -0.4 is 15.3 Å². The molecule has 220 valence electrons. The zero-order valence-corrected chi connectivity index (χ0v) is 26.5. The van der Waals surface area contributed by atoms with Crippen LogP contribution in [0.25, 0.3) is 0 Å². The van der Waals surface area contributed by atoms with Crippen molar-refractivity contribution in [3.05, 3.63) is 88.0 Å². The van der Waals surface area contributed by atoms with Crippen molar-refractivity contribution in [1.29, 1.82) is 0 Å². The first-order chi connectivity index (χ1) is 17.0. The maximum Gasteiger partial charge on any atom is 4.00 e. The van der Waals surface area contributed by atoms with E-state index in [2.05, 4.69) is 4.90 Å². The molecule has 40 heavy (non-hydrogen) atoms. The van der Waals surface area contributed by atoms with Gasteiger partial charge >= 0.3 is 17.1 Å². The van der Waals surface area contributed by atoms with Crippen molar-refractivity contribution < 1.29 is 43.3 Å². The number of para-hydroxylation sites is 3. The second kappa shape index (κ2) is 13.9. The minimum absolute atomic E-state index is 0. The smallest absolute Gasteiger partial charge is 0.872 e. The number of hydrogen-bond donors (Lipinski definition) is 0. The summed E-state index contributed by atoms with van der Waals surface area (Å²) in [5.74, 6) is 0.0738. The van der Waals surface area contributed by atoms with Crippen LogP contribution in [-0.4, -0.2) is 10.4 Å². The van der Waals surface area contributed by atoms with Gasteiger partial charge in [-0.3, -0.25) is 4.90 Å². The molecular weight excluding hydrogens is 546 g/mol. The molecule has 0 fully saturated rings. The van der Waals surface area contributed by atoms with Gasteiger partial charge in [0, 0.05) is 19.6 Å². The molecule has 0 radical (unpaired) electrons. The van der Waals surface area contributed by atoms with Crippen molar-refractivity contribution in [2.24, 2.45) is 0 Å². The minimum atomic E-state index is -0.273. The molecule has 0 amide bonds. The Balaban J connectivity index is 0.00000507. The fourth-order valence-electron chi connectivity index (χ4n) is 4.79. The number of hydrogen-bond acceptors (Lipinski definition) is 4. The van der Waals surface area contributed by atoms with Crippen LogP contribution in [0.3, 0.4) is 0 Å². The third-order valence-electron chi connectivity index (χ3n) is 6.90. The Bertz CT molecular complexity index is 1100. The third kappa shape index (κ3) is 8.73. The molecule has 3 rings (SSSR count). The largest absolute Gasteiger partial charge is 4.00 e. The van der Waals surface area contributed by atoms with E-state index in [1.54, 1.807) is 0 Å². The minimum Gasteiger partial charge on any atom is -0.872 e. The molecule has 6 nitrogen and oxygen atoms in total. The quantitative estimate of drug-likeness (QED) is 0.312. The average Bonchev–Trinajstić information content (AvgIpc) is 2.75. The van der Waals surface area contributed by atoms with E-state index in [0.29, 0.717) is 36.3 Å². The van der Waals surface area contributed by atoms with E-state index in [1.807, 2.05) is 117 Å². The normalized spacial score (nSPS) is 11.8. The Hall–Kier alpha value is -2.54. The Kier molecular flexibility index (Phi) is 13.0. The SMILES string of the molecule is CC(C)(C)c1cccc(CN(Cc2cccc(C(C)(C)C)c2[O-])Cc2cccc(C(C)(C)C)c2[O-])c1[O-].O.[Fe+4].[OH3+]. The van der Waals surface area contributed by atoms with Gasteiger partial charge in [-0.1, -0.05) is 134 Å². The molecule has 0 spiro atoms. The Labute approximate surface area is 251 Å². The van der Waals surface area contributed by atoms with E-state index in [9.17, 15) is 15.3 Å². The molecule has 0 unspecified atom stereocenters. The van der Waals surface area contributed by atoms with Crippen LogP contribution in [0.15, 0.2) is 54.6 Å². The van der Waals surface area contributed by atoms with Crippen molar-refractivity contribution >= 4 is 0 Å². The van der Waals surface area contributed by atoms with E-state index in [1.165, 1.54) is 0 Å². The van der Waals surface area contributed by atoms with Crippen LogP contribution in [0.2, 0.25) is 0 Å². The maximum absolute atomic E-state index is 13.4. The van der Waals surface area contributed by atoms with Gasteiger partial charge in [0.2, 0.25) is 0 Å². The van der Waals surface area contributed by atoms with Crippen LogP contribution in [0.5, 0.6) is 17.2 Å². The molecule has 3 aromatic rings. The van der Waals surface area contributed by atoms with Gasteiger partial charge in [-0.25, -0.2) is 0 Å². The molecule has 0 aromatic heterocycles. The summed E-state index contributed by atoms with van der Waals surface area (Å²) in [6.07, 6.45) is 0. The van der Waals surface area contributed by atoms with Crippen LogP contribution in [0.4, 0.5) is 0 Å². The number of rotatable bonds is 6. The van der Waals surface area contributed by atoms with E-state index in [0.717, 1.165) is 16.7 Å². The van der Waals surface area contributed by atoms with Crippen molar-refractivity contribution in [2.45, 2.75) is 98.2 Å².